The maximum Gasteiger partial charge on any atom is 0.534 e. The monoisotopic (exact) mass is 644 g/mol. The van der Waals surface area contributed by atoms with Crippen molar-refractivity contribution in [1.29, 1.82) is 0 Å². The van der Waals surface area contributed by atoms with E-state index < -0.39 is 22.7 Å². The summed E-state index contributed by atoms with van der Waals surface area (Å²) in [6.07, 6.45) is 6.70. The highest BCUT2D eigenvalue weighted by Gasteiger charge is 2.48. The van der Waals surface area contributed by atoms with E-state index >= 15 is 0 Å². The van der Waals surface area contributed by atoms with Crippen molar-refractivity contribution >= 4 is 22.7 Å². The number of aromatic nitrogens is 2. The molecule has 0 bridgehead atoms. The number of aryl methyl sites for hydroxylation is 2. The van der Waals surface area contributed by atoms with Crippen LogP contribution in [0.5, 0.6) is 5.75 Å². The first kappa shape index (κ1) is 37.5. The average molecular weight is 645 g/mol. The molecule has 0 radical (unpaired) electrons. The Kier molecular flexibility index (Phi) is 12.5. The Labute approximate surface area is 264 Å². The van der Waals surface area contributed by atoms with Gasteiger partial charge in [0.1, 0.15) is 5.75 Å². The first-order valence-electron chi connectivity index (χ1n) is 14.0. The number of halogens is 3. The summed E-state index contributed by atoms with van der Waals surface area (Å²) in [5, 5.41) is 17.1. The Bertz CT molecular complexity index is 1640. The molecule has 242 valence electrons. The van der Waals surface area contributed by atoms with E-state index in [0.717, 1.165) is 5.56 Å². The predicted octanol–water partition coefficient (Wildman–Crippen LogP) is 6.64. The van der Waals surface area contributed by atoms with Gasteiger partial charge >= 0.3 is 22.7 Å². The SMILES string of the molecule is Cc1cc(C(C)(C)C)ccc1-c1ccncc1.Cc1cc(C(C)(C)C)ccc1OS(=O)(=O)C(F)(F)F.OB(O)c1ccncc1. The normalized spacial score (nSPS) is 11.8. The van der Waals surface area contributed by atoms with E-state index in [-0.39, 0.29) is 16.6 Å². The lowest BCUT2D eigenvalue weighted by Crippen LogP contribution is -2.29. The minimum atomic E-state index is -5.62. The fourth-order valence-electron chi connectivity index (χ4n) is 3.90. The van der Waals surface area contributed by atoms with Crippen LogP contribution in [0.4, 0.5) is 13.2 Å². The summed E-state index contributed by atoms with van der Waals surface area (Å²) in [7, 11) is -7.00. The van der Waals surface area contributed by atoms with Crippen LogP contribution in [-0.2, 0) is 20.9 Å². The standard InChI is InChI=1S/C16H19N.C12H15F3O3S.C5H6BNO2/c1-12-11-14(16(2,3)4)5-6-15(12)13-7-9-17-10-8-13;1-8-7-9(11(2,3)4)5-6-10(8)18-19(16,17)12(13,14)15;8-6(9)5-1-3-7-4-2-5/h5-11H,1-4H3;5-7H,1-4H3;1-4,8-9H. The zero-order valence-corrected chi connectivity index (χ0v) is 27.5. The van der Waals surface area contributed by atoms with Gasteiger partial charge in [0, 0.05) is 24.8 Å². The maximum absolute atomic E-state index is 12.2. The summed E-state index contributed by atoms with van der Waals surface area (Å²) >= 11 is 0. The number of pyridine rings is 2. The Morgan fingerprint density at radius 1 is 0.689 bits per heavy atom. The van der Waals surface area contributed by atoms with Crippen molar-refractivity contribution in [2.24, 2.45) is 0 Å². The topological polar surface area (TPSA) is 110 Å². The van der Waals surface area contributed by atoms with Crippen molar-refractivity contribution in [3.05, 3.63) is 108 Å². The zero-order chi connectivity index (χ0) is 34.2. The van der Waals surface area contributed by atoms with Crippen LogP contribution in [0.3, 0.4) is 0 Å². The smallest absolute Gasteiger partial charge is 0.423 e. The second-order valence-electron chi connectivity index (χ2n) is 12.4. The van der Waals surface area contributed by atoms with E-state index in [1.165, 1.54) is 47.6 Å². The minimum Gasteiger partial charge on any atom is -0.423 e. The molecule has 0 saturated carbocycles. The van der Waals surface area contributed by atoms with Gasteiger partial charge in [0.05, 0.1) is 0 Å². The molecule has 0 unspecified atom stereocenters. The fraction of sp³-hybridized carbons (Fsp3) is 0.333. The van der Waals surface area contributed by atoms with Crippen molar-refractivity contribution in [3.63, 3.8) is 0 Å². The van der Waals surface area contributed by atoms with Gasteiger partial charge in [-0.15, -0.1) is 0 Å². The summed E-state index contributed by atoms with van der Waals surface area (Å²) < 4.78 is 62.5. The van der Waals surface area contributed by atoms with Crippen molar-refractivity contribution in [1.82, 2.24) is 9.97 Å². The Morgan fingerprint density at radius 2 is 1.13 bits per heavy atom. The van der Waals surface area contributed by atoms with Gasteiger partial charge in [-0.1, -0.05) is 71.9 Å². The van der Waals surface area contributed by atoms with Crippen LogP contribution in [0.25, 0.3) is 11.1 Å². The largest absolute Gasteiger partial charge is 0.534 e. The van der Waals surface area contributed by atoms with Gasteiger partial charge in [0.2, 0.25) is 0 Å². The number of rotatable bonds is 4. The molecule has 0 amide bonds. The van der Waals surface area contributed by atoms with Crippen molar-refractivity contribution in [3.8, 4) is 16.9 Å². The van der Waals surface area contributed by atoms with Gasteiger partial charge < -0.3 is 14.2 Å². The highest BCUT2D eigenvalue weighted by Crippen LogP contribution is 2.32. The highest BCUT2D eigenvalue weighted by molar-refractivity contribution is 7.88. The van der Waals surface area contributed by atoms with E-state index in [1.54, 1.807) is 24.3 Å². The molecule has 2 heterocycles. The van der Waals surface area contributed by atoms with Crippen LogP contribution >= 0.6 is 0 Å². The molecule has 0 fully saturated rings. The molecule has 0 atom stereocenters. The molecule has 0 spiro atoms. The molecule has 2 N–H and O–H groups in total. The lowest BCUT2D eigenvalue weighted by atomic mass is 9.81. The lowest BCUT2D eigenvalue weighted by molar-refractivity contribution is -0.0500. The van der Waals surface area contributed by atoms with Crippen LogP contribution in [0.15, 0.2) is 85.5 Å². The summed E-state index contributed by atoms with van der Waals surface area (Å²) in [5.74, 6) is -0.315. The molecule has 0 aliphatic rings. The number of hydrogen-bond donors (Lipinski definition) is 2. The Morgan fingerprint density at radius 3 is 1.51 bits per heavy atom. The molecule has 0 aliphatic carbocycles. The third-order valence-electron chi connectivity index (χ3n) is 6.61. The van der Waals surface area contributed by atoms with E-state index in [2.05, 4.69) is 72.2 Å². The molecule has 0 aliphatic heterocycles. The molecule has 0 saturated heterocycles. The molecular weight excluding hydrogens is 604 g/mol. The molecule has 2 aromatic heterocycles. The third kappa shape index (κ3) is 11.3. The summed E-state index contributed by atoms with van der Waals surface area (Å²) in [6.45, 7) is 16.2. The van der Waals surface area contributed by atoms with Gasteiger partial charge in [-0.3, -0.25) is 9.97 Å². The fourth-order valence-corrected chi connectivity index (χ4v) is 4.41. The first-order valence-corrected chi connectivity index (χ1v) is 15.4. The van der Waals surface area contributed by atoms with Gasteiger partial charge in [-0.05, 0) is 93.9 Å². The minimum absolute atomic E-state index is 0.188. The van der Waals surface area contributed by atoms with E-state index in [1.807, 2.05) is 33.2 Å². The van der Waals surface area contributed by atoms with E-state index in [9.17, 15) is 21.6 Å². The summed E-state index contributed by atoms with van der Waals surface area (Å²) in [5.41, 5.74) is 1.50. The number of nitrogens with zero attached hydrogens (tertiary/aromatic N) is 2. The third-order valence-corrected chi connectivity index (χ3v) is 7.58. The second-order valence-corrected chi connectivity index (χ2v) is 13.9. The highest BCUT2D eigenvalue weighted by atomic mass is 32.2. The predicted molar refractivity (Wildman–Crippen MR) is 173 cm³/mol. The number of hydrogen-bond acceptors (Lipinski definition) is 7. The summed E-state index contributed by atoms with van der Waals surface area (Å²) in [4.78, 5) is 7.76. The number of benzene rings is 2. The molecule has 12 heteroatoms. The van der Waals surface area contributed by atoms with Gasteiger partial charge in [-0.25, -0.2) is 0 Å². The quantitative estimate of drug-likeness (QED) is 0.146. The van der Waals surface area contributed by atoms with E-state index in [4.69, 9.17) is 10.0 Å². The molecule has 4 aromatic rings. The molecule has 7 nitrogen and oxygen atoms in total. The van der Waals surface area contributed by atoms with Crippen LogP contribution in [0, 0.1) is 13.8 Å². The molecule has 4 rings (SSSR count). The first-order chi connectivity index (χ1) is 20.6. The van der Waals surface area contributed by atoms with Crippen molar-refractivity contribution < 1.29 is 35.8 Å². The average Bonchev–Trinajstić information content (AvgIpc) is 2.94. The van der Waals surface area contributed by atoms with Crippen molar-refractivity contribution in [2.75, 3.05) is 0 Å². The van der Waals surface area contributed by atoms with Crippen LogP contribution in [0.1, 0.15) is 63.8 Å². The Balaban J connectivity index is 0.000000249. The summed E-state index contributed by atoms with van der Waals surface area (Å²) in [6, 6.07) is 18.3. The number of alkyl halides is 3. The van der Waals surface area contributed by atoms with Crippen molar-refractivity contribution in [2.45, 2.75) is 71.7 Å². The van der Waals surface area contributed by atoms with E-state index in [0.29, 0.717) is 11.0 Å². The molecule has 2 aromatic carbocycles. The van der Waals surface area contributed by atoms with Gasteiger partial charge in [0.15, 0.2) is 0 Å². The maximum atomic E-state index is 12.2. The lowest BCUT2D eigenvalue weighted by Gasteiger charge is -2.20. The second kappa shape index (κ2) is 15.0. The molecule has 45 heavy (non-hydrogen) atoms. The zero-order valence-electron chi connectivity index (χ0n) is 26.7. The van der Waals surface area contributed by atoms with Crippen LogP contribution in [0.2, 0.25) is 0 Å². The van der Waals surface area contributed by atoms with Crippen LogP contribution < -0.4 is 9.65 Å². The molecular formula is C33H40BF3N2O5S. The van der Waals surface area contributed by atoms with Gasteiger partial charge in [-0.2, -0.15) is 21.6 Å². The Hall–Kier alpha value is -3.74. The van der Waals surface area contributed by atoms with Crippen LogP contribution in [-0.4, -0.2) is 41.1 Å². The van der Waals surface area contributed by atoms with Gasteiger partial charge in [0.25, 0.3) is 0 Å².